The minimum atomic E-state index is -1.11. The number of amides is 1. The van der Waals surface area contributed by atoms with Gasteiger partial charge in [-0.15, -0.1) is 0 Å². The third-order valence-electron chi connectivity index (χ3n) is 3.82. The number of fused-ring (bicyclic) bond motifs is 1. The Hall–Kier alpha value is -1.94. The third-order valence-corrected chi connectivity index (χ3v) is 3.82. The Morgan fingerprint density at radius 3 is 2.70 bits per heavy atom. The summed E-state index contributed by atoms with van der Waals surface area (Å²) in [5.74, 6) is -0.167. The van der Waals surface area contributed by atoms with Crippen molar-refractivity contribution in [3.8, 4) is 0 Å². The third kappa shape index (κ3) is 2.16. The van der Waals surface area contributed by atoms with Gasteiger partial charge in [0.1, 0.15) is 6.17 Å². The lowest BCUT2D eigenvalue weighted by Gasteiger charge is -2.25. The van der Waals surface area contributed by atoms with Gasteiger partial charge >= 0.3 is 0 Å². The van der Waals surface area contributed by atoms with Crippen LogP contribution in [0.5, 0.6) is 0 Å². The van der Waals surface area contributed by atoms with E-state index in [9.17, 15) is 9.18 Å². The molecular formula is C16H16FNO2. The molecule has 2 aromatic carbocycles. The van der Waals surface area contributed by atoms with E-state index < -0.39 is 12.2 Å². The SMILES string of the molecule is CN(C(=O)c1cccc2ccccc12)C1COCC1F. The van der Waals surface area contributed by atoms with Crippen LogP contribution < -0.4 is 0 Å². The summed E-state index contributed by atoms with van der Waals surface area (Å²) in [6, 6.07) is 12.8. The van der Waals surface area contributed by atoms with Crippen molar-refractivity contribution in [2.45, 2.75) is 12.2 Å². The topological polar surface area (TPSA) is 29.5 Å². The number of carbonyl (C=O) groups excluding carboxylic acids is 1. The monoisotopic (exact) mass is 273 g/mol. The van der Waals surface area contributed by atoms with Gasteiger partial charge in [-0.05, 0) is 16.8 Å². The van der Waals surface area contributed by atoms with Crippen LogP contribution in [0.25, 0.3) is 10.8 Å². The molecular weight excluding hydrogens is 257 g/mol. The maximum absolute atomic E-state index is 13.7. The molecule has 3 rings (SSSR count). The summed E-state index contributed by atoms with van der Waals surface area (Å²) < 4.78 is 18.8. The fraction of sp³-hybridized carbons (Fsp3) is 0.312. The zero-order chi connectivity index (χ0) is 14.1. The number of alkyl halides is 1. The van der Waals surface area contributed by atoms with E-state index in [4.69, 9.17) is 4.74 Å². The molecule has 104 valence electrons. The van der Waals surface area contributed by atoms with Gasteiger partial charge in [0.25, 0.3) is 5.91 Å². The Balaban J connectivity index is 1.96. The van der Waals surface area contributed by atoms with Gasteiger partial charge < -0.3 is 9.64 Å². The van der Waals surface area contributed by atoms with E-state index in [1.807, 2.05) is 36.4 Å². The molecule has 0 aliphatic carbocycles. The maximum atomic E-state index is 13.7. The summed E-state index contributed by atoms with van der Waals surface area (Å²) in [5, 5.41) is 1.90. The zero-order valence-corrected chi connectivity index (χ0v) is 11.3. The van der Waals surface area contributed by atoms with Crippen LogP contribution in [0.15, 0.2) is 42.5 Å². The highest BCUT2D eigenvalue weighted by atomic mass is 19.1. The fourth-order valence-corrected chi connectivity index (χ4v) is 2.62. The Morgan fingerprint density at radius 1 is 1.20 bits per heavy atom. The Morgan fingerprint density at radius 2 is 1.95 bits per heavy atom. The van der Waals surface area contributed by atoms with Crippen LogP contribution in [-0.4, -0.2) is 43.3 Å². The highest BCUT2D eigenvalue weighted by Crippen LogP contribution is 2.22. The van der Waals surface area contributed by atoms with Crippen LogP contribution in [0.1, 0.15) is 10.4 Å². The second-order valence-corrected chi connectivity index (χ2v) is 5.06. The highest BCUT2D eigenvalue weighted by Gasteiger charge is 2.34. The van der Waals surface area contributed by atoms with Gasteiger partial charge in [0, 0.05) is 12.6 Å². The summed E-state index contributed by atoms with van der Waals surface area (Å²) in [4.78, 5) is 14.1. The zero-order valence-electron chi connectivity index (χ0n) is 11.3. The van der Waals surface area contributed by atoms with Gasteiger partial charge in [-0.1, -0.05) is 36.4 Å². The van der Waals surface area contributed by atoms with Gasteiger partial charge in [0.2, 0.25) is 0 Å². The number of carbonyl (C=O) groups is 1. The van der Waals surface area contributed by atoms with Crippen molar-refractivity contribution < 1.29 is 13.9 Å². The van der Waals surface area contributed by atoms with Crippen LogP contribution in [-0.2, 0) is 4.74 Å². The van der Waals surface area contributed by atoms with Crippen LogP contribution in [0.4, 0.5) is 4.39 Å². The minimum Gasteiger partial charge on any atom is -0.376 e. The first kappa shape index (κ1) is 13.1. The van der Waals surface area contributed by atoms with Crippen molar-refractivity contribution in [1.82, 2.24) is 4.90 Å². The first-order valence-electron chi connectivity index (χ1n) is 6.65. The van der Waals surface area contributed by atoms with Crippen molar-refractivity contribution in [3.63, 3.8) is 0 Å². The standard InChI is InChI=1S/C16H16FNO2/c1-18(15-10-20-9-14(15)17)16(19)13-8-4-6-11-5-2-3-7-12(11)13/h2-8,14-15H,9-10H2,1H3. The predicted octanol–water partition coefficient (Wildman–Crippen LogP) is 2.65. The van der Waals surface area contributed by atoms with Crippen LogP contribution in [0.2, 0.25) is 0 Å². The normalized spacial score (nSPS) is 22.1. The number of ether oxygens (including phenoxy) is 1. The second-order valence-electron chi connectivity index (χ2n) is 5.06. The van der Waals surface area contributed by atoms with E-state index in [1.165, 1.54) is 4.90 Å². The first-order chi connectivity index (χ1) is 9.68. The van der Waals surface area contributed by atoms with E-state index in [2.05, 4.69) is 0 Å². The van der Waals surface area contributed by atoms with Gasteiger partial charge in [-0.3, -0.25) is 4.79 Å². The molecule has 20 heavy (non-hydrogen) atoms. The van der Waals surface area contributed by atoms with E-state index in [1.54, 1.807) is 13.1 Å². The fourth-order valence-electron chi connectivity index (χ4n) is 2.62. The number of likely N-dealkylation sites (N-methyl/N-ethyl adjacent to an activating group) is 1. The number of halogens is 1. The number of rotatable bonds is 2. The molecule has 0 spiro atoms. The Labute approximate surface area is 116 Å². The van der Waals surface area contributed by atoms with Gasteiger partial charge in [-0.2, -0.15) is 0 Å². The average Bonchev–Trinajstić information content (AvgIpc) is 2.91. The predicted molar refractivity (Wildman–Crippen MR) is 75.5 cm³/mol. The molecule has 2 unspecified atom stereocenters. The van der Waals surface area contributed by atoms with Gasteiger partial charge in [0.05, 0.1) is 19.3 Å². The quantitative estimate of drug-likeness (QED) is 0.842. The molecule has 1 saturated heterocycles. The summed E-state index contributed by atoms with van der Waals surface area (Å²) in [6.07, 6.45) is -1.11. The summed E-state index contributed by atoms with van der Waals surface area (Å²) in [5.41, 5.74) is 0.602. The van der Waals surface area contributed by atoms with E-state index in [0.29, 0.717) is 5.56 Å². The van der Waals surface area contributed by atoms with Crippen LogP contribution >= 0.6 is 0 Å². The summed E-state index contributed by atoms with van der Waals surface area (Å²) >= 11 is 0. The molecule has 1 fully saturated rings. The smallest absolute Gasteiger partial charge is 0.254 e. The number of hydrogen-bond acceptors (Lipinski definition) is 2. The molecule has 0 radical (unpaired) electrons. The molecule has 0 aromatic heterocycles. The highest BCUT2D eigenvalue weighted by molar-refractivity contribution is 6.07. The molecule has 1 aliphatic heterocycles. The number of hydrogen-bond donors (Lipinski definition) is 0. The summed E-state index contributed by atoms with van der Waals surface area (Å²) in [7, 11) is 1.63. The maximum Gasteiger partial charge on any atom is 0.254 e. The van der Waals surface area contributed by atoms with Crippen LogP contribution in [0, 0.1) is 0 Å². The van der Waals surface area contributed by atoms with E-state index >= 15 is 0 Å². The first-order valence-corrected chi connectivity index (χ1v) is 6.65. The Kier molecular flexibility index (Phi) is 3.40. The molecule has 0 N–H and O–H groups in total. The molecule has 4 heteroatoms. The van der Waals surface area contributed by atoms with Gasteiger partial charge in [-0.25, -0.2) is 4.39 Å². The van der Waals surface area contributed by atoms with Crippen molar-refractivity contribution in [2.75, 3.05) is 20.3 Å². The molecule has 2 atom stereocenters. The minimum absolute atomic E-state index is 0.0673. The van der Waals surface area contributed by atoms with Crippen molar-refractivity contribution >= 4 is 16.7 Å². The number of benzene rings is 2. The van der Waals surface area contributed by atoms with E-state index in [0.717, 1.165) is 10.8 Å². The molecule has 3 nitrogen and oxygen atoms in total. The molecule has 1 aliphatic rings. The Bertz CT molecular complexity index is 638. The second kappa shape index (κ2) is 5.21. The van der Waals surface area contributed by atoms with E-state index in [-0.39, 0.29) is 19.1 Å². The lowest BCUT2D eigenvalue weighted by Crippen LogP contribution is -2.42. The number of nitrogens with zero attached hydrogens (tertiary/aromatic N) is 1. The molecule has 0 saturated carbocycles. The van der Waals surface area contributed by atoms with Gasteiger partial charge in [0.15, 0.2) is 0 Å². The molecule has 0 bridgehead atoms. The molecule has 1 amide bonds. The molecule has 2 aromatic rings. The van der Waals surface area contributed by atoms with Crippen molar-refractivity contribution in [1.29, 1.82) is 0 Å². The largest absolute Gasteiger partial charge is 0.376 e. The molecule has 1 heterocycles. The lowest BCUT2D eigenvalue weighted by atomic mass is 10.0. The van der Waals surface area contributed by atoms with Crippen LogP contribution in [0.3, 0.4) is 0 Å². The van der Waals surface area contributed by atoms with Crippen molar-refractivity contribution in [2.24, 2.45) is 0 Å². The van der Waals surface area contributed by atoms with Crippen molar-refractivity contribution in [3.05, 3.63) is 48.0 Å². The summed E-state index contributed by atoms with van der Waals surface area (Å²) in [6.45, 7) is 0.325. The lowest BCUT2D eigenvalue weighted by molar-refractivity contribution is 0.0674. The average molecular weight is 273 g/mol.